The zero-order chi connectivity index (χ0) is 9.52. The largest absolute Gasteiger partial charge is 0.497 e. The second kappa shape index (κ2) is 5.41. The van der Waals surface area contributed by atoms with Gasteiger partial charge in [-0.05, 0) is 24.3 Å². The molecule has 0 unspecified atom stereocenters. The number of halogens is 1. The molecule has 0 bridgehead atoms. The summed E-state index contributed by atoms with van der Waals surface area (Å²) in [6.07, 6.45) is 0.437. The molecule has 0 N–H and O–H groups in total. The Morgan fingerprint density at radius 1 is 1.15 bits per heavy atom. The molecule has 0 aliphatic heterocycles. The summed E-state index contributed by atoms with van der Waals surface area (Å²) in [6, 6.07) is 7.23. The Hall–Kier alpha value is -1.25. The number of hydrogen-bond acceptors (Lipinski definition) is 2. The molecular weight excluding hydrogens is 171 g/mol. The Bertz CT molecular complexity index is 233. The maximum Gasteiger partial charge on any atom is 0.119 e. The number of ether oxygens (including phenoxy) is 2. The fourth-order valence-corrected chi connectivity index (χ4v) is 0.917. The highest BCUT2D eigenvalue weighted by molar-refractivity contribution is 5.30. The van der Waals surface area contributed by atoms with Gasteiger partial charge < -0.3 is 9.47 Å². The lowest BCUT2D eigenvalue weighted by Gasteiger charge is -2.05. The highest BCUT2D eigenvalue weighted by Crippen LogP contribution is 2.16. The van der Waals surface area contributed by atoms with E-state index >= 15 is 0 Å². The number of benzene rings is 1. The average molecular weight is 184 g/mol. The molecule has 0 fully saturated rings. The van der Waals surface area contributed by atoms with Gasteiger partial charge in [-0.15, -0.1) is 0 Å². The van der Waals surface area contributed by atoms with Gasteiger partial charge in [-0.2, -0.15) is 0 Å². The molecule has 72 valence electrons. The van der Waals surface area contributed by atoms with Crippen LogP contribution in [0.3, 0.4) is 0 Å². The molecule has 0 aromatic heterocycles. The van der Waals surface area contributed by atoms with E-state index in [-0.39, 0.29) is 6.67 Å². The van der Waals surface area contributed by atoms with Gasteiger partial charge in [0, 0.05) is 6.42 Å². The van der Waals surface area contributed by atoms with Crippen LogP contribution < -0.4 is 9.47 Å². The Kier molecular flexibility index (Phi) is 4.09. The molecule has 0 saturated heterocycles. The van der Waals surface area contributed by atoms with Gasteiger partial charge in [0.25, 0.3) is 0 Å². The van der Waals surface area contributed by atoms with Gasteiger partial charge in [0.2, 0.25) is 0 Å². The first kappa shape index (κ1) is 9.84. The van der Waals surface area contributed by atoms with Crippen LogP contribution in [0.25, 0.3) is 0 Å². The van der Waals surface area contributed by atoms with Crippen LogP contribution in [0, 0.1) is 0 Å². The minimum atomic E-state index is -0.337. The van der Waals surface area contributed by atoms with E-state index in [1.54, 1.807) is 19.2 Å². The molecule has 0 atom stereocenters. The van der Waals surface area contributed by atoms with Gasteiger partial charge in [-0.1, -0.05) is 0 Å². The second-order valence-corrected chi connectivity index (χ2v) is 2.57. The lowest BCUT2D eigenvalue weighted by Crippen LogP contribution is -1.97. The maximum atomic E-state index is 11.7. The SMILES string of the molecule is COc1ccc(OCCCF)cc1. The van der Waals surface area contributed by atoms with E-state index in [1.807, 2.05) is 12.1 Å². The van der Waals surface area contributed by atoms with Crippen LogP contribution in [0.1, 0.15) is 6.42 Å². The summed E-state index contributed by atoms with van der Waals surface area (Å²) < 4.78 is 21.9. The zero-order valence-corrected chi connectivity index (χ0v) is 7.63. The van der Waals surface area contributed by atoms with Crippen molar-refractivity contribution in [1.29, 1.82) is 0 Å². The molecule has 3 heteroatoms. The van der Waals surface area contributed by atoms with E-state index < -0.39 is 0 Å². The molecule has 0 aliphatic rings. The molecule has 0 heterocycles. The first-order chi connectivity index (χ1) is 6.36. The van der Waals surface area contributed by atoms with E-state index in [9.17, 15) is 4.39 Å². The summed E-state index contributed by atoms with van der Waals surface area (Å²) >= 11 is 0. The van der Waals surface area contributed by atoms with E-state index in [4.69, 9.17) is 9.47 Å². The number of rotatable bonds is 5. The monoisotopic (exact) mass is 184 g/mol. The lowest BCUT2D eigenvalue weighted by atomic mass is 10.3. The smallest absolute Gasteiger partial charge is 0.119 e. The van der Waals surface area contributed by atoms with E-state index in [0.717, 1.165) is 11.5 Å². The normalized spacial score (nSPS) is 9.69. The van der Waals surface area contributed by atoms with Crippen LogP contribution >= 0.6 is 0 Å². The molecule has 2 nitrogen and oxygen atoms in total. The van der Waals surface area contributed by atoms with Crippen molar-refractivity contribution in [2.75, 3.05) is 20.4 Å². The second-order valence-electron chi connectivity index (χ2n) is 2.57. The molecule has 0 saturated carbocycles. The van der Waals surface area contributed by atoms with Crippen molar-refractivity contribution in [3.05, 3.63) is 24.3 Å². The predicted octanol–water partition coefficient (Wildman–Crippen LogP) is 2.43. The zero-order valence-electron chi connectivity index (χ0n) is 7.63. The molecular formula is C10H13FO2. The van der Waals surface area contributed by atoms with Gasteiger partial charge in [0.15, 0.2) is 0 Å². The fraction of sp³-hybridized carbons (Fsp3) is 0.400. The molecule has 1 aromatic rings. The minimum Gasteiger partial charge on any atom is -0.497 e. The Morgan fingerprint density at radius 3 is 2.31 bits per heavy atom. The first-order valence-electron chi connectivity index (χ1n) is 4.19. The van der Waals surface area contributed by atoms with E-state index in [0.29, 0.717) is 13.0 Å². The molecule has 1 aromatic carbocycles. The van der Waals surface area contributed by atoms with Crippen molar-refractivity contribution in [3.8, 4) is 11.5 Å². The topological polar surface area (TPSA) is 18.5 Å². The third kappa shape index (κ3) is 3.32. The van der Waals surface area contributed by atoms with Gasteiger partial charge in [-0.25, -0.2) is 0 Å². The third-order valence-electron chi connectivity index (χ3n) is 1.61. The van der Waals surface area contributed by atoms with Crippen molar-refractivity contribution in [1.82, 2.24) is 0 Å². The molecule has 0 aliphatic carbocycles. The fourth-order valence-electron chi connectivity index (χ4n) is 0.917. The summed E-state index contributed by atoms with van der Waals surface area (Å²) in [5, 5.41) is 0. The maximum absolute atomic E-state index is 11.7. The van der Waals surface area contributed by atoms with Gasteiger partial charge >= 0.3 is 0 Å². The van der Waals surface area contributed by atoms with Crippen LogP contribution in [-0.4, -0.2) is 20.4 Å². The number of alkyl halides is 1. The standard InChI is InChI=1S/C10H13FO2/c1-12-9-3-5-10(6-4-9)13-8-2-7-11/h3-6H,2,7-8H2,1H3. The summed E-state index contributed by atoms with van der Waals surface area (Å²) in [6.45, 7) is 0.0823. The molecule has 1 rings (SSSR count). The highest BCUT2D eigenvalue weighted by Gasteiger charge is 1.94. The van der Waals surface area contributed by atoms with Crippen LogP contribution in [0.15, 0.2) is 24.3 Å². The van der Waals surface area contributed by atoms with E-state index in [1.165, 1.54) is 0 Å². The van der Waals surface area contributed by atoms with Crippen LogP contribution in [0.4, 0.5) is 4.39 Å². The molecule has 13 heavy (non-hydrogen) atoms. The van der Waals surface area contributed by atoms with Crippen molar-refractivity contribution in [2.24, 2.45) is 0 Å². The summed E-state index contributed by atoms with van der Waals surface area (Å²) in [5.41, 5.74) is 0. The summed E-state index contributed by atoms with van der Waals surface area (Å²) in [7, 11) is 1.61. The van der Waals surface area contributed by atoms with Crippen LogP contribution in [-0.2, 0) is 0 Å². The van der Waals surface area contributed by atoms with Crippen molar-refractivity contribution in [2.45, 2.75) is 6.42 Å². The number of methoxy groups -OCH3 is 1. The van der Waals surface area contributed by atoms with E-state index in [2.05, 4.69) is 0 Å². The predicted molar refractivity (Wildman–Crippen MR) is 49.1 cm³/mol. The summed E-state index contributed by atoms with van der Waals surface area (Å²) in [4.78, 5) is 0. The van der Waals surface area contributed by atoms with Crippen molar-refractivity contribution >= 4 is 0 Å². The first-order valence-corrected chi connectivity index (χ1v) is 4.19. The molecule has 0 spiro atoms. The van der Waals surface area contributed by atoms with Crippen molar-refractivity contribution in [3.63, 3.8) is 0 Å². The van der Waals surface area contributed by atoms with Crippen LogP contribution in [0.2, 0.25) is 0 Å². The average Bonchev–Trinajstić information content (AvgIpc) is 2.19. The van der Waals surface area contributed by atoms with Crippen LogP contribution in [0.5, 0.6) is 11.5 Å². The van der Waals surface area contributed by atoms with Crippen molar-refractivity contribution < 1.29 is 13.9 Å². The molecule has 0 radical (unpaired) electrons. The highest BCUT2D eigenvalue weighted by atomic mass is 19.1. The minimum absolute atomic E-state index is 0.337. The third-order valence-corrected chi connectivity index (χ3v) is 1.61. The van der Waals surface area contributed by atoms with Gasteiger partial charge in [0.05, 0.1) is 20.4 Å². The Labute approximate surface area is 77.3 Å². The Morgan fingerprint density at radius 2 is 1.77 bits per heavy atom. The molecule has 0 amide bonds. The quantitative estimate of drug-likeness (QED) is 0.654. The lowest BCUT2D eigenvalue weighted by molar-refractivity contribution is 0.289. The number of hydrogen-bond donors (Lipinski definition) is 0. The Balaban J connectivity index is 2.40. The van der Waals surface area contributed by atoms with Gasteiger partial charge in [0.1, 0.15) is 11.5 Å². The summed E-state index contributed by atoms with van der Waals surface area (Å²) in [5.74, 6) is 1.53. The van der Waals surface area contributed by atoms with Gasteiger partial charge in [-0.3, -0.25) is 4.39 Å².